The molecule has 2 aromatic rings. The fraction of sp³-hybridized carbons (Fsp3) is 0.0625. The highest BCUT2D eigenvalue weighted by Crippen LogP contribution is 2.34. The summed E-state index contributed by atoms with van der Waals surface area (Å²) < 4.78 is 0. The van der Waals surface area contributed by atoms with Crippen LogP contribution in [0.1, 0.15) is 38.8 Å². The van der Waals surface area contributed by atoms with Crippen LogP contribution in [0, 0.1) is 0 Å². The Morgan fingerprint density at radius 2 is 1.57 bits per heavy atom. The summed E-state index contributed by atoms with van der Waals surface area (Å²) in [5, 5.41) is 2.56. The maximum Gasteiger partial charge on any atom is 0.221 e. The van der Waals surface area contributed by atoms with Crippen molar-refractivity contribution in [2.45, 2.75) is 6.92 Å². The average molecular weight is 280 g/mol. The van der Waals surface area contributed by atoms with Gasteiger partial charge in [0.25, 0.3) is 0 Å². The van der Waals surface area contributed by atoms with Crippen molar-refractivity contribution in [3.8, 4) is 0 Å². The fourth-order valence-corrected chi connectivity index (χ4v) is 2.51. The predicted molar refractivity (Wildman–Crippen MR) is 78.5 cm³/mol. The number of nitrogen functional groups attached to an aromatic ring is 1. The molecule has 0 spiro atoms. The first-order valence-electron chi connectivity index (χ1n) is 6.39. The molecule has 2 aromatic carbocycles. The molecule has 3 N–H and O–H groups in total. The third kappa shape index (κ3) is 1.90. The molecule has 0 aromatic heterocycles. The summed E-state index contributed by atoms with van der Waals surface area (Å²) >= 11 is 0. The second kappa shape index (κ2) is 4.56. The zero-order valence-electron chi connectivity index (χ0n) is 11.3. The molecule has 0 atom stereocenters. The summed E-state index contributed by atoms with van der Waals surface area (Å²) in [4.78, 5) is 36.2. The second-order valence-corrected chi connectivity index (χ2v) is 4.83. The van der Waals surface area contributed by atoms with Crippen molar-refractivity contribution in [3.63, 3.8) is 0 Å². The molecule has 0 aliphatic heterocycles. The van der Waals surface area contributed by atoms with Gasteiger partial charge in [0.1, 0.15) is 0 Å². The van der Waals surface area contributed by atoms with Gasteiger partial charge in [0.15, 0.2) is 11.6 Å². The van der Waals surface area contributed by atoms with Crippen LogP contribution in [0.5, 0.6) is 0 Å². The number of rotatable bonds is 1. The molecule has 0 bridgehead atoms. The number of hydrogen-bond acceptors (Lipinski definition) is 4. The number of amides is 1. The van der Waals surface area contributed by atoms with E-state index in [1.165, 1.54) is 19.1 Å². The van der Waals surface area contributed by atoms with Crippen LogP contribution < -0.4 is 11.1 Å². The van der Waals surface area contributed by atoms with Crippen LogP contribution in [0.2, 0.25) is 0 Å². The first-order valence-corrected chi connectivity index (χ1v) is 6.39. The zero-order valence-corrected chi connectivity index (χ0v) is 11.3. The molecule has 0 saturated heterocycles. The summed E-state index contributed by atoms with van der Waals surface area (Å²) in [5.74, 6) is -0.831. The standard InChI is InChI=1S/C16H12N2O3/c1-8(19)18-12-7-6-11-13(14(12)17)16(21)10-5-3-2-4-9(10)15(11)20/h2-7H,17H2,1H3,(H,18,19). The van der Waals surface area contributed by atoms with Gasteiger partial charge in [-0.15, -0.1) is 0 Å². The van der Waals surface area contributed by atoms with Crippen LogP contribution in [0.3, 0.4) is 0 Å². The highest BCUT2D eigenvalue weighted by Gasteiger charge is 2.31. The summed E-state index contributed by atoms with van der Waals surface area (Å²) in [7, 11) is 0. The minimum atomic E-state index is -0.301. The summed E-state index contributed by atoms with van der Waals surface area (Å²) in [6.45, 7) is 1.35. The van der Waals surface area contributed by atoms with E-state index in [0.717, 1.165) is 0 Å². The second-order valence-electron chi connectivity index (χ2n) is 4.83. The summed E-state index contributed by atoms with van der Waals surface area (Å²) in [6.07, 6.45) is 0. The topological polar surface area (TPSA) is 89.3 Å². The van der Waals surface area contributed by atoms with E-state index in [9.17, 15) is 14.4 Å². The van der Waals surface area contributed by atoms with Gasteiger partial charge >= 0.3 is 0 Å². The SMILES string of the molecule is CC(=O)Nc1ccc2c(c1N)C(=O)c1ccccc1C2=O. The smallest absolute Gasteiger partial charge is 0.221 e. The van der Waals surface area contributed by atoms with Crippen molar-refractivity contribution < 1.29 is 14.4 Å². The Morgan fingerprint density at radius 3 is 2.19 bits per heavy atom. The molecule has 0 saturated carbocycles. The van der Waals surface area contributed by atoms with Gasteiger partial charge < -0.3 is 11.1 Å². The Labute approximate surface area is 120 Å². The lowest BCUT2D eigenvalue weighted by molar-refractivity contribution is -0.114. The molecule has 1 aliphatic carbocycles. The minimum absolute atomic E-state index is 0.121. The molecule has 1 aliphatic rings. The van der Waals surface area contributed by atoms with E-state index in [0.29, 0.717) is 16.8 Å². The number of carbonyl (C=O) groups excluding carboxylic acids is 3. The highest BCUT2D eigenvalue weighted by atomic mass is 16.1. The Bertz CT molecular complexity index is 809. The lowest BCUT2D eigenvalue weighted by Gasteiger charge is -2.20. The molecule has 0 radical (unpaired) electrons. The van der Waals surface area contributed by atoms with Gasteiger partial charge in [-0.3, -0.25) is 14.4 Å². The maximum atomic E-state index is 12.6. The number of nitrogens with two attached hydrogens (primary N) is 1. The van der Waals surface area contributed by atoms with Gasteiger partial charge in [0.2, 0.25) is 5.91 Å². The van der Waals surface area contributed by atoms with E-state index >= 15 is 0 Å². The molecule has 3 rings (SSSR count). The van der Waals surface area contributed by atoms with Crippen molar-refractivity contribution >= 4 is 28.8 Å². The van der Waals surface area contributed by atoms with E-state index in [4.69, 9.17) is 5.73 Å². The van der Waals surface area contributed by atoms with Crippen molar-refractivity contribution in [2.24, 2.45) is 0 Å². The van der Waals surface area contributed by atoms with Crippen LogP contribution in [-0.2, 0) is 4.79 Å². The Morgan fingerprint density at radius 1 is 0.952 bits per heavy atom. The maximum absolute atomic E-state index is 12.6. The third-order valence-electron chi connectivity index (χ3n) is 3.44. The number of anilines is 2. The van der Waals surface area contributed by atoms with E-state index in [-0.39, 0.29) is 34.3 Å². The lowest BCUT2D eigenvalue weighted by Crippen LogP contribution is -2.23. The van der Waals surface area contributed by atoms with E-state index in [1.807, 2.05) is 0 Å². The van der Waals surface area contributed by atoms with E-state index in [2.05, 4.69) is 5.32 Å². The first-order chi connectivity index (χ1) is 10.0. The Kier molecular flexibility index (Phi) is 2.83. The Hall–Kier alpha value is -2.95. The van der Waals surface area contributed by atoms with Crippen LogP contribution in [0.15, 0.2) is 36.4 Å². The fourth-order valence-electron chi connectivity index (χ4n) is 2.51. The Balaban J connectivity index is 2.24. The van der Waals surface area contributed by atoms with Crippen LogP contribution in [-0.4, -0.2) is 17.5 Å². The number of fused-ring (bicyclic) bond motifs is 2. The number of hydrogen-bond donors (Lipinski definition) is 2. The van der Waals surface area contributed by atoms with Gasteiger partial charge in [-0.05, 0) is 12.1 Å². The van der Waals surface area contributed by atoms with Gasteiger partial charge in [0, 0.05) is 23.6 Å². The highest BCUT2D eigenvalue weighted by molar-refractivity contribution is 6.30. The minimum Gasteiger partial charge on any atom is -0.396 e. The molecule has 21 heavy (non-hydrogen) atoms. The molecule has 0 fully saturated rings. The van der Waals surface area contributed by atoms with Gasteiger partial charge in [0.05, 0.1) is 16.9 Å². The number of carbonyl (C=O) groups is 3. The largest absolute Gasteiger partial charge is 0.396 e. The molecule has 5 nitrogen and oxygen atoms in total. The average Bonchev–Trinajstić information content (AvgIpc) is 2.46. The predicted octanol–water partition coefficient (Wildman–Crippen LogP) is 2.00. The van der Waals surface area contributed by atoms with Crippen molar-refractivity contribution in [2.75, 3.05) is 11.1 Å². The van der Waals surface area contributed by atoms with Crippen LogP contribution in [0.4, 0.5) is 11.4 Å². The normalized spacial score (nSPS) is 12.6. The van der Waals surface area contributed by atoms with E-state index < -0.39 is 0 Å². The van der Waals surface area contributed by atoms with E-state index in [1.54, 1.807) is 24.3 Å². The molecular weight excluding hydrogens is 268 g/mol. The molecule has 0 heterocycles. The monoisotopic (exact) mass is 280 g/mol. The number of nitrogens with one attached hydrogen (secondary N) is 1. The molecular formula is C16H12N2O3. The van der Waals surface area contributed by atoms with Crippen molar-refractivity contribution in [1.82, 2.24) is 0 Å². The zero-order chi connectivity index (χ0) is 15.1. The van der Waals surface area contributed by atoms with Crippen LogP contribution >= 0.6 is 0 Å². The molecule has 0 unspecified atom stereocenters. The quantitative estimate of drug-likeness (QED) is 0.667. The van der Waals surface area contributed by atoms with Gasteiger partial charge in [-0.1, -0.05) is 24.3 Å². The number of benzene rings is 2. The molecule has 104 valence electrons. The molecule has 5 heteroatoms. The summed E-state index contributed by atoms with van der Waals surface area (Å²) in [5.41, 5.74) is 7.57. The first kappa shape index (κ1) is 13.1. The molecule has 1 amide bonds. The van der Waals surface area contributed by atoms with Crippen molar-refractivity contribution in [3.05, 3.63) is 58.7 Å². The van der Waals surface area contributed by atoms with Crippen molar-refractivity contribution in [1.29, 1.82) is 0 Å². The number of ketones is 2. The third-order valence-corrected chi connectivity index (χ3v) is 3.44. The van der Waals surface area contributed by atoms with Crippen LogP contribution in [0.25, 0.3) is 0 Å². The lowest BCUT2D eigenvalue weighted by atomic mass is 9.83. The van der Waals surface area contributed by atoms with Gasteiger partial charge in [-0.2, -0.15) is 0 Å². The summed E-state index contributed by atoms with van der Waals surface area (Å²) in [6, 6.07) is 9.69. The van der Waals surface area contributed by atoms with Gasteiger partial charge in [-0.25, -0.2) is 0 Å².